The Morgan fingerprint density at radius 3 is 2.30 bits per heavy atom. The summed E-state index contributed by atoms with van der Waals surface area (Å²) in [6.07, 6.45) is 8.72. The molecular weight excluding hydrogens is 354 g/mol. The Hall–Kier alpha value is -2.18. The third-order valence-electron chi connectivity index (χ3n) is 6.02. The second-order valence-corrected chi connectivity index (χ2v) is 8.20. The van der Waals surface area contributed by atoms with E-state index in [1.54, 1.807) is 12.1 Å². The van der Waals surface area contributed by atoms with E-state index in [9.17, 15) is 13.6 Å². The minimum atomic E-state index is -2.85. The van der Waals surface area contributed by atoms with E-state index in [4.69, 9.17) is 4.84 Å². The average Bonchev–Trinajstić information content (AvgIpc) is 2.58. The van der Waals surface area contributed by atoms with Gasteiger partial charge in [-0.25, -0.2) is 0 Å². The van der Waals surface area contributed by atoms with E-state index in [-0.39, 0.29) is 23.8 Å². The lowest BCUT2D eigenvalue weighted by Gasteiger charge is -2.56. The van der Waals surface area contributed by atoms with Gasteiger partial charge in [-0.15, -0.1) is 0 Å². The van der Waals surface area contributed by atoms with Crippen molar-refractivity contribution < 1.29 is 23.1 Å². The van der Waals surface area contributed by atoms with Crippen LogP contribution in [0.2, 0.25) is 0 Å². The minimum absolute atomic E-state index is 0.0283. The molecule has 0 aromatic heterocycles. The van der Waals surface area contributed by atoms with E-state index in [2.05, 4.69) is 15.2 Å². The maximum Gasteiger partial charge on any atom is 0.387 e. The van der Waals surface area contributed by atoms with E-state index in [0.29, 0.717) is 5.56 Å². The normalized spacial score (nSPS) is 31.4. The molecule has 0 heterocycles. The molecule has 4 bridgehead atoms. The number of oxime groups is 1. The van der Waals surface area contributed by atoms with E-state index in [0.717, 1.165) is 37.0 Å². The molecule has 0 atom stereocenters. The SMILES string of the molecule is O=C(CO/N=C\c1ccc(OC(F)F)cc1)NC12CC3CC(CC(C3)C1)C2. The first kappa shape index (κ1) is 18.2. The van der Waals surface area contributed by atoms with Crippen LogP contribution in [0.15, 0.2) is 29.4 Å². The Bertz CT molecular complexity index is 670. The van der Waals surface area contributed by atoms with Crippen molar-refractivity contribution in [1.82, 2.24) is 5.32 Å². The highest BCUT2D eigenvalue weighted by atomic mass is 19.3. The smallest absolute Gasteiger partial charge is 0.387 e. The van der Waals surface area contributed by atoms with Crippen LogP contribution in [-0.2, 0) is 9.63 Å². The summed E-state index contributed by atoms with van der Waals surface area (Å²) in [5.41, 5.74) is 0.637. The molecule has 5 nitrogen and oxygen atoms in total. The quantitative estimate of drug-likeness (QED) is 0.581. The largest absolute Gasteiger partial charge is 0.435 e. The van der Waals surface area contributed by atoms with Gasteiger partial charge in [0.2, 0.25) is 0 Å². The van der Waals surface area contributed by atoms with Crippen LogP contribution < -0.4 is 10.1 Å². The monoisotopic (exact) mass is 378 g/mol. The third-order valence-corrected chi connectivity index (χ3v) is 6.02. The molecule has 5 rings (SSSR count). The van der Waals surface area contributed by atoms with Crippen molar-refractivity contribution in [3.63, 3.8) is 0 Å². The number of rotatable bonds is 7. The summed E-state index contributed by atoms with van der Waals surface area (Å²) in [7, 11) is 0. The lowest BCUT2D eigenvalue weighted by molar-refractivity contribution is -0.131. The summed E-state index contributed by atoms with van der Waals surface area (Å²) in [5.74, 6) is 2.26. The zero-order valence-corrected chi connectivity index (χ0v) is 15.1. The lowest BCUT2D eigenvalue weighted by atomic mass is 9.53. The fourth-order valence-corrected chi connectivity index (χ4v) is 5.52. The Labute approximate surface area is 157 Å². The standard InChI is InChI=1S/C20H24F2N2O3/c21-19(22)27-17-3-1-13(2-4-17)11-23-26-12-18(25)24-20-8-14-5-15(9-20)7-16(6-14)10-20/h1-4,11,14-16,19H,5-10,12H2,(H,24,25)/b23-11-. The van der Waals surface area contributed by atoms with Crippen molar-refractivity contribution in [2.24, 2.45) is 22.9 Å². The van der Waals surface area contributed by atoms with Gasteiger partial charge in [0, 0.05) is 5.54 Å². The van der Waals surface area contributed by atoms with Crippen molar-refractivity contribution in [1.29, 1.82) is 0 Å². The molecule has 1 aromatic rings. The molecule has 27 heavy (non-hydrogen) atoms. The van der Waals surface area contributed by atoms with Crippen molar-refractivity contribution in [3.05, 3.63) is 29.8 Å². The van der Waals surface area contributed by atoms with Gasteiger partial charge < -0.3 is 14.9 Å². The molecule has 1 N–H and O–H groups in total. The molecule has 0 spiro atoms. The first-order valence-corrected chi connectivity index (χ1v) is 9.51. The number of nitrogens with zero attached hydrogens (tertiary/aromatic N) is 1. The highest BCUT2D eigenvalue weighted by molar-refractivity contribution is 5.80. The third kappa shape index (κ3) is 4.39. The van der Waals surface area contributed by atoms with Crippen molar-refractivity contribution in [2.45, 2.75) is 50.7 Å². The Balaban J connectivity index is 1.23. The van der Waals surface area contributed by atoms with Crippen LogP contribution in [0.5, 0.6) is 5.75 Å². The molecule has 0 unspecified atom stereocenters. The second kappa shape index (κ2) is 7.44. The molecule has 4 saturated carbocycles. The number of hydrogen-bond acceptors (Lipinski definition) is 4. The Morgan fingerprint density at radius 1 is 1.15 bits per heavy atom. The summed E-state index contributed by atoms with van der Waals surface area (Å²) in [5, 5.41) is 7.02. The molecule has 7 heteroatoms. The number of ether oxygens (including phenoxy) is 1. The molecule has 4 aliphatic carbocycles. The first-order chi connectivity index (χ1) is 13.0. The summed E-state index contributed by atoms with van der Waals surface area (Å²) >= 11 is 0. The average molecular weight is 378 g/mol. The maximum absolute atomic E-state index is 12.3. The second-order valence-electron chi connectivity index (χ2n) is 8.20. The van der Waals surface area contributed by atoms with Crippen LogP contribution in [0.1, 0.15) is 44.1 Å². The molecule has 0 radical (unpaired) electrons. The number of hydrogen-bond donors (Lipinski definition) is 1. The number of amides is 1. The Morgan fingerprint density at radius 2 is 1.74 bits per heavy atom. The minimum Gasteiger partial charge on any atom is -0.435 e. The predicted octanol–water partition coefficient (Wildman–Crippen LogP) is 3.72. The molecule has 1 aromatic carbocycles. The number of carbonyl (C=O) groups excluding carboxylic acids is 1. The topological polar surface area (TPSA) is 59.9 Å². The van der Waals surface area contributed by atoms with Crippen LogP contribution in [0, 0.1) is 17.8 Å². The van der Waals surface area contributed by atoms with Crippen LogP contribution in [-0.4, -0.2) is 30.9 Å². The van der Waals surface area contributed by atoms with E-state index >= 15 is 0 Å². The molecule has 1 amide bonds. The molecule has 0 aliphatic heterocycles. The van der Waals surface area contributed by atoms with Gasteiger partial charge in [-0.1, -0.05) is 5.16 Å². The molecular formula is C20H24F2N2O3. The summed E-state index contributed by atoms with van der Waals surface area (Å²) in [6, 6.07) is 6.01. The van der Waals surface area contributed by atoms with Crippen molar-refractivity contribution in [3.8, 4) is 5.75 Å². The summed E-state index contributed by atoms with van der Waals surface area (Å²) in [4.78, 5) is 17.4. The Kier molecular flexibility index (Phi) is 5.02. The van der Waals surface area contributed by atoms with Crippen LogP contribution in [0.4, 0.5) is 8.78 Å². The van der Waals surface area contributed by atoms with E-state index in [1.165, 1.54) is 37.6 Å². The van der Waals surface area contributed by atoms with Crippen molar-refractivity contribution in [2.75, 3.05) is 6.61 Å². The molecule has 146 valence electrons. The maximum atomic E-state index is 12.3. The fourth-order valence-electron chi connectivity index (χ4n) is 5.52. The number of alkyl halides is 2. The predicted molar refractivity (Wildman–Crippen MR) is 95.7 cm³/mol. The van der Waals surface area contributed by atoms with Gasteiger partial charge >= 0.3 is 6.61 Å². The zero-order chi connectivity index (χ0) is 18.9. The van der Waals surface area contributed by atoms with Crippen LogP contribution in [0.3, 0.4) is 0 Å². The van der Waals surface area contributed by atoms with Crippen LogP contribution in [0.25, 0.3) is 0 Å². The molecule has 4 aliphatic rings. The number of nitrogens with one attached hydrogen (secondary N) is 1. The van der Waals surface area contributed by atoms with Gasteiger partial charge in [0.1, 0.15) is 5.75 Å². The van der Waals surface area contributed by atoms with Gasteiger partial charge in [0.25, 0.3) is 5.91 Å². The van der Waals surface area contributed by atoms with Gasteiger partial charge in [0.05, 0.1) is 6.21 Å². The molecule has 4 fully saturated rings. The van der Waals surface area contributed by atoms with Gasteiger partial charge in [0.15, 0.2) is 6.61 Å². The van der Waals surface area contributed by atoms with Crippen molar-refractivity contribution >= 4 is 12.1 Å². The zero-order valence-electron chi connectivity index (χ0n) is 15.1. The van der Waals surface area contributed by atoms with Gasteiger partial charge in [-0.2, -0.15) is 8.78 Å². The first-order valence-electron chi connectivity index (χ1n) is 9.51. The summed E-state index contributed by atoms with van der Waals surface area (Å²) < 4.78 is 28.5. The fraction of sp³-hybridized carbons (Fsp3) is 0.600. The molecule has 0 saturated heterocycles. The van der Waals surface area contributed by atoms with Gasteiger partial charge in [-0.05, 0) is 86.1 Å². The highest BCUT2D eigenvalue weighted by Crippen LogP contribution is 2.55. The van der Waals surface area contributed by atoms with Crippen LogP contribution >= 0.6 is 0 Å². The highest BCUT2D eigenvalue weighted by Gasteiger charge is 2.51. The number of halogens is 2. The summed E-state index contributed by atoms with van der Waals surface area (Å²) in [6.45, 7) is -2.97. The van der Waals surface area contributed by atoms with E-state index < -0.39 is 6.61 Å². The number of carbonyl (C=O) groups is 1. The van der Waals surface area contributed by atoms with Gasteiger partial charge in [-0.3, -0.25) is 4.79 Å². The number of benzene rings is 1. The lowest BCUT2D eigenvalue weighted by Crippen LogP contribution is -2.60. The van der Waals surface area contributed by atoms with E-state index in [1.807, 2.05) is 0 Å².